The van der Waals surface area contributed by atoms with Crippen LogP contribution in [0.2, 0.25) is 0 Å². The fourth-order valence-electron chi connectivity index (χ4n) is 2.48. The van der Waals surface area contributed by atoms with Gasteiger partial charge in [-0.1, -0.05) is 24.3 Å². The van der Waals surface area contributed by atoms with E-state index in [9.17, 15) is 5.11 Å². The van der Waals surface area contributed by atoms with Crippen molar-refractivity contribution in [2.24, 2.45) is 0 Å². The van der Waals surface area contributed by atoms with E-state index in [1.54, 1.807) is 0 Å². The average Bonchev–Trinajstić information content (AvgIpc) is 2.84. The molecule has 3 N–H and O–H groups in total. The third kappa shape index (κ3) is 1.83. The van der Waals surface area contributed by atoms with Gasteiger partial charge in [-0.15, -0.1) is 0 Å². The monoisotopic (exact) mass is 240 g/mol. The zero-order valence-corrected chi connectivity index (χ0v) is 10.1. The van der Waals surface area contributed by atoms with Gasteiger partial charge in [0, 0.05) is 24.5 Å². The summed E-state index contributed by atoms with van der Waals surface area (Å²) in [6.07, 6.45) is 0. The molecule has 0 unspecified atom stereocenters. The summed E-state index contributed by atoms with van der Waals surface area (Å²) < 4.78 is 0. The molecule has 0 radical (unpaired) electrons. The highest BCUT2D eigenvalue weighted by molar-refractivity contribution is 5.60. The normalized spacial score (nSPS) is 13.7. The fourth-order valence-corrected chi connectivity index (χ4v) is 2.48. The summed E-state index contributed by atoms with van der Waals surface area (Å²) in [6.45, 7) is 1.81. The SMILES string of the molecule is Nc1cccc2c1CN(c1cccc(CO)c1)C2. The molecule has 0 spiro atoms. The predicted octanol–water partition coefficient (Wildman–Crippen LogP) is 2.28. The van der Waals surface area contributed by atoms with Crippen molar-refractivity contribution in [2.75, 3.05) is 10.6 Å². The fraction of sp³-hybridized carbons (Fsp3) is 0.200. The number of hydrogen-bond acceptors (Lipinski definition) is 3. The Morgan fingerprint density at radius 3 is 2.72 bits per heavy atom. The van der Waals surface area contributed by atoms with Crippen LogP contribution in [0.1, 0.15) is 16.7 Å². The molecule has 0 atom stereocenters. The van der Waals surface area contributed by atoms with Crippen LogP contribution >= 0.6 is 0 Å². The zero-order valence-electron chi connectivity index (χ0n) is 10.1. The maximum Gasteiger partial charge on any atom is 0.0682 e. The van der Waals surface area contributed by atoms with Gasteiger partial charge in [0.2, 0.25) is 0 Å². The minimum Gasteiger partial charge on any atom is -0.398 e. The van der Waals surface area contributed by atoms with E-state index in [1.165, 1.54) is 11.1 Å². The highest BCUT2D eigenvalue weighted by Crippen LogP contribution is 2.31. The molecule has 0 saturated carbocycles. The van der Waals surface area contributed by atoms with E-state index in [4.69, 9.17) is 5.73 Å². The van der Waals surface area contributed by atoms with Gasteiger partial charge in [-0.25, -0.2) is 0 Å². The summed E-state index contributed by atoms with van der Waals surface area (Å²) in [5.41, 5.74) is 11.5. The second-order valence-corrected chi connectivity index (χ2v) is 4.67. The molecule has 3 nitrogen and oxygen atoms in total. The van der Waals surface area contributed by atoms with Gasteiger partial charge in [0.05, 0.1) is 6.61 Å². The van der Waals surface area contributed by atoms with Crippen molar-refractivity contribution < 1.29 is 5.11 Å². The smallest absolute Gasteiger partial charge is 0.0682 e. The number of aliphatic hydroxyl groups excluding tert-OH is 1. The van der Waals surface area contributed by atoms with Gasteiger partial charge in [0.15, 0.2) is 0 Å². The van der Waals surface area contributed by atoms with Crippen LogP contribution in [0.5, 0.6) is 0 Å². The van der Waals surface area contributed by atoms with Gasteiger partial charge in [-0.2, -0.15) is 0 Å². The van der Waals surface area contributed by atoms with Gasteiger partial charge in [0.25, 0.3) is 0 Å². The molecule has 1 aliphatic heterocycles. The Balaban J connectivity index is 1.91. The molecule has 3 rings (SSSR count). The number of nitrogen functional groups attached to an aromatic ring is 1. The minimum absolute atomic E-state index is 0.0801. The van der Waals surface area contributed by atoms with E-state index in [0.29, 0.717) is 0 Å². The van der Waals surface area contributed by atoms with Gasteiger partial charge >= 0.3 is 0 Å². The minimum atomic E-state index is 0.0801. The number of benzene rings is 2. The Morgan fingerprint density at radius 1 is 1.11 bits per heavy atom. The van der Waals surface area contributed by atoms with Gasteiger partial charge in [-0.3, -0.25) is 0 Å². The van der Waals surface area contributed by atoms with Gasteiger partial charge in [-0.05, 0) is 34.9 Å². The summed E-state index contributed by atoms with van der Waals surface area (Å²) in [6, 6.07) is 14.1. The van der Waals surface area contributed by atoms with Gasteiger partial charge < -0.3 is 15.7 Å². The lowest BCUT2D eigenvalue weighted by Gasteiger charge is -2.18. The van der Waals surface area contributed by atoms with Crippen molar-refractivity contribution in [1.82, 2.24) is 0 Å². The van der Waals surface area contributed by atoms with Gasteiger partial charge in [0.1, 0.15) is 0 Å². The first-order chi connectivity index (χ1) is 8.78. The standard InChI is InChI=1S/C15H16N2O/c16-15-6-2-4-12-8-17(9-14(12)15)13-5-1-3-11(7-13)10-18/h1-7,18H,8-10,16H2. The summed E-state index contributed by atoms with van der Waals surface area (Å²) in [4.78, 5) is 2.28. The molecule has 0 aliphatic carbocycles. The largest absolute Gasteiger partial charge is 0.398 e. The first-order valence-corrected chi connectivity index (χ1v) is 6.09. The third-order valence-electron chi connectivity index (χ3n) is 3.48. The second kappa shape index (κ2) is 4.35. The van der Waals surface area contributed by atoms with Crippen molar-refractivity contribution in [2.45, 2.75) is 19.7 Å². The molecular weight excluding hydrogens is 224 g/mol. The molecule has 0 amide bonds. The first kappa shape index (κ1) is 11.1. The number of anilines is 2. The maximum absolute atomic E-state index is 9.18. The van der Waals surface area contributed by atoms with E-state index in [0.717, 1.165) is 30.0 Å². The number of aliphatic hydroxyl groups is 1. The molecule has 18 heavy (non-hydrogen) atoms. The molecule has 0 saturated heterocycles. The van der Waals surface area contributed by atoms with Crippen molar-refractivity contribution in [3.05, 3.63) is 59.2 Å². The lowest BCUT2D eigenvalue weighted by atomic mass is 10.1. The molecular formula is C15H16N2O. The Labute approximate surface area is 106 Å². The van der Waals surface area contributed by atoms with Crippen LogP contribution < -0.4 is 10.6 Å². The van der Waals surface area contributed by atoms with Crippen LogP contribution in [-0.4, -0.2) is 5.11 Å². The van der Waals surface area contributed by atoms with Crippen LogP contribution in [0.3, 0.4) is 0 Å². The highest BCUT2D eigenvalue weighted by Gasteiger charge is 2.20. The third-order valence-corrected chi connectivity index (χ3v) is 3.48. The molecule has 0 fully saturated rings. The maximum atomic E-state index is 9.18. The molecule has 2 aromatic rings. The highest BCUT2D eigenvalue weighted by atomic mass is 16.3. The lowest BCUT2D eigenvalue weighted by molar-refractivity contribution is 0.282. The van der Waals surface area contributed by atoms with Crippen LogP contribution in [0.4, 0.5) is 11.4 Å². The molecule has 92 valence electrons. The summed E-state index contributed by atoms with van der Waals surface area (Å²) in [5.74, 6) is 0. The van der Waals surface area contributed by atoms with E-state index in [-0.39, 0.29) is 6.61 Å². The van der Waals surface area contributed by atoms with Crippen molar-refractivity contribution in [3.63, 3.8) is 0 Å². The Morgan fingerprint density at radius 2 is 1.94 bits per heavy atom. The van der Waals surface area contributed by atoms with E-state index in [2.05, 4.69) is 17.0 Å². The Hall–Kier alpha value is -2.00. The number of rotatable bonds is 2. The predicted molar refractivity (Wildman–Crippen MR) is 73.1 cm³/mol. The van der Waals surface area contributed by atoms with Crippen LogP contribution in [0, 0.1) is 0 Å². The summed E-state index contributed by atoms with van der Waals surface area (Å²) in [7, 11) is 0. The van der Waals surface area contributed by atoms with Crippen molar-refractivity contribution >= 4 is 11.4 Å². The summed E-state index contributed by atoms with van der Waals surface area (Å²) in [5, 5.41) is 9.18. The Bertz CT molecular complexity index is 580. The second-order valence-electron chi connectivity index (χ2n) is 4.67. The quantitative estimate of drug-likeness (QED) is 0.792. The van der Waals surface area contributed by atoms with Crippen LogP contribution in [0.15, 0.2) is 42.5 Å². The van der Waals surface area contributed by atoms with E-state index >= 15 is 0 Å². The number of hydrogen-bond donors (Lipinski definition) is 2. The number of nitrogens with zero attached hydrogens (tertiary/aromatic N) is 1. The lowest BCUT2D eigenvalue weighted by Crippen LogP contribution is -2.14. The van der Waals surface area contributed by atoms with E-state index in [1.807, 2.05) is 30.3 Å². The van der Waals surface area contributed by atoms with Crippen LogP contribution in [0.25, 0.3) is 0 Å². The van der Waals surface area contributed by atoms with Crippen molar-refractivity contribution in [3.8, 4) is 0 Å². The topological polar surface area (TPSA) is 49.5 Å². The molecule has 1 heterocycles. The first-order valence-electron chi connectivity index (χ1n) is 6.09. The molecule has 1 aliphatic rings. The Kier molecular flexibility index (Phi) is 2.68. The molecule has 0 bridgehead atoms. The van der Waals surface area contributed by atoms with Crippen LogP contribution in [-0.2, 0) is 19.7 Å². The average molecular weight is 240 g/mol. The molecule has 0 aromatic heterocycles. The van der Waals surface area contributed by atoms with E-state index < -0.39 is 0 Å². The summed E-state index contributed by atoms with van der Waals surface area (Å²) >= 11 is 0. The molecule has 2 aromatic carbocycles. The van der Waals surface area contributed by atoms with Crippen molar-refractivity contribution in [1.29, 1.82) is 0 Å². The number of nitrogens with two attached hydrogens (primary N) is 1. The zero-order chi connectivity index (χ0) is 12.5. The number of fused-ring (bicyclic) bond motifs is 1. The molecule has 3 heteroatoms.